The second-order valence-corrected chi connectivity index (χ2v) is 2.24. The van der Waals surface area contributed by atoms with Crippen LogP contribution in [0.3, 0.4) is 0 Å². The van der Waals surface area contributed by atoms with Crippen molar-refractivity contribution in [1.29, 1.82) is 0 Å². The Morgan fingerprint density at radius 1 is 1.73 bits per heavy atom. The molecular weight excluding hydrogens is 170 g/mol. The van der Waals surface area contributed by atoms with Crippen molar-refractivity contribution in [1.82, 2.24) is 4.98 Å². The van der Waals surface area contributed by atoms with Gasteiger partial charge in [-0.2, -0.15) is 0 Å². The van der Waals surface area contributed by atoms with Crippen LogP contribution in [0.25, 0.3) is 0 Å². The van der Waals surface area contributed by atoms with Gasteiger partial charge in [0.15, 0.2) is 6.20 Å². The van der Waals surface area contributed by atoms with E-state index in [4.69, 9.17) is 17.3 Å². The molecule has 1 rings (SSSR count). The highest BCUT2D eigenvalue weighted by atomic mass is 35.5. The fourth-order valence-electron chi connectivity index (χ4n) is 0.580. The molecule has 0 saturated heterocycles. The van der Waals surface area contributed by atoms with E-state index in [1.807, 2.05) is 0 Å². The third kappa shape index (κ3) is 1.56. The van der Waals surface area contributed by atoms with Gasteiger partial charge < -0.3 is 15.8 Å². The zero-order chi connectivity index (χ0) is 8.43. The topological polar surface area (TPSA) is 82.0 Å². The number of anilines is 1. The molecular formula is C5H4ClN3O2. The van der Waals surface area contributed by atoms with Crippen molar-refractivity contribution in [2.75, 3.05) is 5.73 Å². The number of nitrogens with two attached hydrogens (primary N) is 1. The Bertz CT molecular complexity index is 302. The van der Waals surface area contributed by atoms with Crippen LogP contribution in [-0.2, 0) is 0 Å². The summed E-state index contributed by atoms with van der Waals surface area (Å²) in [5, 5.41) is 10.1. The Balaban J connectivity index is 3.20. The number of hydrogen-bond acceptors (Lipinski definition) is 4. The molecule has 0 radical (unpaired) electrons. The molecule has 58 valence electrons. The molecule has 0 aliphatic heterocycles. The van der Waals surface area contributed by atoms with Crippen LogP contribution in [0.4, 0.5) is 11.5 Å². The van der Waals surface area contributed by atoms with Gasteiger partial charge >= 0.3 is 5.82 Å². The molecule has 0 aliphatic rings. The van der Waals surface area contributed by atoms with Crippen molar-refractivity contribution in [3.8, 4) is 0 Å². The van der Waals surface area contributed by atoms with Crippen LogP contribution in [0.5, 0.6) is 0 Å². The van der Waals surface area contributed by atoms with Crippen molar-refractivity contribution in [2.24, 2.45) is 0 Å². The Morgan fingerprint density at radius 2 is 2.36 bits per heavy atom. The molecule has 5 nitrogen and oxygen atoms in total. The molecule has 0 aromatic carbocycles. The molecule has 1 aromatic rings. The first-order valence-electron chi connectivity index (χ1n) is 2.66. The summed E-state index contributed by atoms with van der Waals surface area (Å²) in [6.45, 7) is 0. The van der Waals surface area contributed by atoms with Crippen molar-refractivity contribution >= 4 is 23.1 Å². The average molecular weight is 174 g/mol. The molecule has 0 spiro atoms. The Labute approximate surface area is 66.9 Å². The number of nitrogen functional groups attached to an aromatic ring is 1. The number of hydrogen-bond donors (Lipinski definition) is 1. The highest BCUT2D eigenvalue weighted by Gasteiger charge is 2.12. The molecule has 11 heavy (non-hydrogen) atoms. The SMILES string of the molecule is Nc1cnc([N+](=O)[O-])c(Cl)c1. The van der Waals surface area contributed by atoms with Crippen molar-refractivity contribution in [3.05, 3.63) is 27.4 Å². The normalized spacial score (nSPS) is 9.55. The highest BCUT2D eigenvalue weighted by Crippen LogP contribution is 2.22. The minimum atomic E-state index is -0.665. The van der Waals surface area contributed by atoms with Gasteiger partial charge in [-0.25, -0.2) is 0 Å². The summed E-state index contributed by atoms with van der Waals surface area (Å²) >= 11 is 5.44. The van der Waals surface area contributed by atoms with Crippen LogP contribution in [0.15, 0.2) is 12.3 Å². The molecule has 1 aromatic heterocycles. The summed E-state index contributed by atoms with van der Waals surface area (Å²) < 4.78 is 0. The Kier molecular flexibility index (Phi) is 1.91. The molecule has 0 saturated carbocycles. The standard InChI is InChI=1S/C5H4ClN3O2/c6-4-1-3(7)2-8-5(4)9(10)11/h1-2H,7H2. The zero-order valence-electron chi connectivity index (χ0n) is 5.32. The van der Waals surface area contributed by atoms with Gasteiger partial charge in [0.1, 0.15) is 5.02 Å². The molecule has 0 aliphatic carbocycles. The molecule has 6 heteroatoms. The van der Waals surface area contributed by atoms with E-state index in [0.717, 1.165) is 0 Å². The maximum atomic E-state index is 10.2. The van der Waals surface area contributed by atoms with Gasteiger partial charge in [0.2, 0.25) is 0 Å². The van der Waals surface area contributed by atoms with E-state index in [2.05, 4.69) is 4.98 Å². The lowest BCUT2D eigenvalue weighted by Gasteiger charge is -1.93. The highest BCUT2D eigenvalue weighted by molar-refractivity contribution is 6.32. The second-order valence-electron chi connectivity index (χ2n) is 1.83. The third-order valence-corrected chi connectivity index (χ3v) is 1.29. The monoisotopic (exact) mass is 173 g/mol. The van der Waals surface area contributed by atoms with Gasteiger partial charge in [0.25, 0.3) is 0 Å². The fourth-order valence-corrected chi connectivity index (χ4v) is 0.824. The van der Waals surface area contributed by atoms with Crippen LogP contribution in [0.1, 0.15) is 0 Å². The quantitative estimate of drug-likeness (QED) is 0.511. The molecule has 0 unspecified atom stereocenters. The van der Waals surface area contributed by atoms with Gasteiger partial charge in [0, 0.05) is 0 Å². The van der Waals surface area contributed by atoms with Crippen LogP contribution >= 0.6 is 11.6 Å². The van der Waals surface area contributed by atoms with Crippen LogP contribution in [0, 0.1) is 10.1 Å². The summed E-state index contributed by atoms with van der Waals surface area (Å²) in [6.07, 6.45) is 1.18. The first-order chi connectivity index (χ1) is 5.11. The summed E-state index contributed by atoms with van der Waals surface area (Å²) in [6, 6.07) is 1.28. The number of nitrogens with zero attached hydrogens (tertiary/aromatic N) is 2. The molecule has 0 fully saturated rings. The first-order valence-corrected chi connectivity index (χ1v) is 3.04. The minimum Gasteiger partial charge on any atom is -0.396 e. The Morgan fingerprint density at radius 3 is 2.82 bits per heavy atom. The van der Waals surface area contributed by atoms with Crippen molar-refractivity contribution in [2.45, 2.75) is 0 Å². The number of halogens is 1. The maximum absolute atomic E-state index is 10.2. The van der Waals surface area contributed by atoms with E-state index < -0.39 is 4.92 Å². The molecule has 1 heterocycles. The Hall–Kier alpha value is -1.36. The average Bonchev–Trinajstić information content (AvgIpc) is 1.85. The largest absolute Gasteiger partial charge is 0.396 e. The minimum absolute atomic E-state index is 0.0463. The van der Waals surface area contributed by atoms with E-state index in [0.29, 0.717) is 5.69 Å². The van der Waals surface area contributed by atoms with E-state index in [-0.39, 0.29) is 10.8 Å². The number of rotatable bonds is 1. The van der Waals surface area contributed by atoms with E-state index in [1.54, 1.807) is 0 Å². The number of pyridine rings is 1. The smallest absolute Gasteiger partial charge is 0.382 e. The van der Waals surface area contributed by atoms with E-state index in [1.165, 1.54) is 12.3 Å². The second kappa shape index (κ2) is 2.71. The summed E-state index contributed by atoms with van der Waals surface area (Å²) in [4.78, 5) is 12.9. The van der Waals surface area contributed by atoms with Gasteiger partial charge in [0.05, 0.1) is 5.69 Å². The van der Waals surface area contributed by atoms with Gasteiger partial charge in [-0.1, -0.05) is 11.6 Å². The lowest BCUT2D eigenvalue weighted by Crippen LogP contribution is -1.94. The van der Waals surface area contributed by atoms with Crippen molar-refractivity contribution < 1.29 is 4.92 Å². The fraction of sp³-hybridized carbons (Fsp3) is 0. The predicted molar refractivity (Wildman–Crippen MR) is 40.3 cm³/mol. The van der Waals surface area contributed by atoms with E-state index in [9.17, 15) is 10.1 Å². The summed E-state index contributed by atoms with van der Waals surface area (Å²) in [5.74, 6) is -0.374. The lowest BCUT2D eigenvalue weighted by molar-refractivity contribution is -0.389. The van der Waals surface area contributed by atoms with E-state index >= 15 is 0 Å². The number of nitro groups is 1. The van der Waals surface area contributed by atoms with Gasteiger partial charge in [-0.15, -0.1) is 0 Å². The zero-order valence-corrected chi connectivity index (χ0v) is 6.08. The van der Waals surface area contributed by atoms with Crippen LogP contribution in [-0.4, -0.2) is 9.91 Å². The summed E-state index contributed by atoms with van der Waals surface area (Å²) in [7, 11) is 0. The lowest BCUT2D eigenvalue weighted by atomic mass is 10.4. The first kappa shape index (κ1) is 7.74. The molecule has 0 bridgehead atoms. The van der Waals surface area contributed by atoms with Gasteiger partial charge in [-0.3, -0.25) is 0 Å². The van der Waals surface area contributed by atoms with Crippen LogP contribution in [0.2, 0.25) is 5.02 Å². The molecule has 2 N–H and O–H groups in total. The maximum Gasteiger partial charge on any atom is 0.382 e. The molecule has 0 amide bonds. The molecule has 0 atom stereocenters. The predicted octanol–water partition coefficient (Wildman–Crippen LogP) is 1.23. The number of aromatic nitrogens is 1. The third-order valence-electron chi connectivity index (χ3n) is 1.02. The van der Waals surface area contributed by atoms with Gasteiger partial charge in [-0.05, 0) is 16.0 Å². The van der Waals surface area contributed by atoms with Crippen molar-refractivity contribution in [3.63, 3.8) is 0 Å². The van der Waals surface area contributed by atoms with Crippen LogP contribution < -0.4 is 5.73 Å². The summed E-state index contributed by atoms with van der Waals surface area (Å²) in [5.41, 5.74) is 5.56.